The SMILES string of the molecule is CNC(c1cnccc1C(F)(F)F)C1CN(C)CCN1C. The van der Waals surface area contributed by atoms with Gasteiger partial charge >= 0.3 is 6.18 Å². The van der Waals surface area contributed by atoms with Crippen molar-refractivity contribution in [2.45, 2.75) is 18.3 Å². The summed E-state index contributed by atoms with van der Waals surface area (Å²) in [6, 6.07) is 0.605. The fourth-order valence-corrected chi connectivity index (χ4v) is 2.87. The topological polar surface area (TPSA) is 31.4 Å². The molecule has 0 aromatic carbocycles. The zero-order valence-corrected chi connectivity index (χ0v) is 12.5. The molecule has 0 aliphatic carbocycles. The van der Waals surface area contributed by atoms with Crippen LogP contribution in [0.4, 0.5) is 13.2 Å². The van der Waals surface area contributed by atoms with Crippen LogP contribution in [0, 0.1) is 0 Å². The second-order valence-electron chi connectivity index (χ2n) is 5.54. The maximum absolute atomic E-state index is 13.2. The lowest BCUT2D eigenvalue weighted by molar-refractivity contribution is -0.138. The number of aromatic nitrogens is 1. The molecule has 1 aromatic heterocycles. The van der Waals surface area contributed by atoms with Gasteiger partial charge < -0.3 is 10.2 Å². The molecular formula is C14H21F3N4. The first-order valence-corrected chi connectivity index (χ1v) is 6.91. The van der Waals surface area contributed by atoms with Crippen LogP contribution < -0.4 is 5.32 Å². The van der Waals surface area contributed by atoms with E-state index < -0.39 is 17.8 Å². The highest BCUT2D eigenvalue weighted by Crippen LogP contribution is 2.35. The molecule has 0 bridgehead atoms. The van der Waals surface area contributed by atoms with Crippen molar-refractivity contribution >= 4 is 0 Å². The maximum Gasteiger partial charge on any atom is 0.416 e. The van der Waals surface area contributed by atoms with E-state index in [1.807, 2.05) is 14.1 Å². The van der Waals surface area contributed by atoms with E-state index in [-0.39, 0.29) is 11.6 Å². The molecule has 0 spiro atoms. The Labute approximate surface area is 122 Å². The average molecular weight is 302 g/mol. The molecule has 0 saturated carbocycles. The standard InChI is InChI=1S/C14H21F3N4/c1-18-13(12-9-20(2)6-7-21(12)3)10-8-19-5-4-11(10)14(15,16)17/h4-5,8,12-13,18H,6-7,9H2,1-3H3. The van der Waals surface area contributed by atoms with Gasteiger partial charge in [-0.15, -0.1) is 0 Å². The Balaban J connectivity index is 2.37. The van der Waals surface area contributed by atoms with E-state index in [0.717, 1.165) is 19.2 Å². The van der Waals surface area contributed by atoms with Gasteiger partial charge in [0, 0.05) is 43.6 Å². The summed E-state index contributed by atoms with van der Waals surface area (Å²) in [4.78, 5) is 8.14. The molecule has 1 aromatic rings. The van der Waals surface area contributed by atoms with E-state index in [4.69, 9.17) is 0 Å². The van der Waals surface area contributed by atoms with Crippen LogP contribution in [0.5, 0.6) is 0 Å². The Bertz CT molecular complexity index is 478. The number of nitrogens with zero attached hydrogens (tertiary/aromatic N) is 3. The third kappa shape index (κ3) is 3.53. The summed E-state index contributed by atoms with van der Waals surface area (Å²) < 4.78 is 39.6. The molecule has 0 radical (unpaired) electrons. The van der Waals surface area contributed by atoms with Gasteiger partial charge in [0.25, 0.3) is 0 Å². The van der Waals surface area contributed by atoms with Crippen molar-refractivity contribution in [3.63, 3.8) is 0 Å². The minimum atomic E-state index is -4.37. The smallest absolute Gasteiger partial charge is 0.312 e. The molecule has 1 saturated heterocycles. The number of halogens is 3. The number of piperazine rings is 1. The second kappa shape index (κ2) is 6.29. The number of hydrogen-bond donors (Lipinski definition) is 1. The molecule has 21 heavy (non-hydrogen) atoms. The summed E-state index contributed by atoms with van der Waals surface area (Å²) in [7, 11) is 5.63. The third-order valence-electron chi connectivity index (χ3n) is 4.09. The molecule has 1 N–H and O–H groups in total. The lowest BCUT2D eigenvalue weighted by Gasteiger charge is -2.42. The fraction of sp³-hybridized carbons (Fsp3) is 0.643. The van der Waals surface area contributed by atoms with Crippen LogP contribution in [-0.4, -0.2) is 61.6 Å². The molecule has 4 nitrogen and oxygen atoms in total. The molecule has 2 atom stereocenters. The van der Waals surface area contributed by atoms with E-state index in [2.05, 4.69) is 20.1 Å². The molecule has 1 aliphatic heterocycles. The van der Waals surface area contributed by atoms with Gasteiger partial charge in [-0.25, -0.2) is 0 Å². The van der Waals surface area contributed by atoms with E-state index in [1.165, 1.54) is 12.4 Å². The summed E-state index contributed by atoms with van der Waals surface area (Å²) in [5.41, 5.74) is -0.405. The normalized spacial score (nSPS) is 23.2. The monoisotopic (exact) mass is 302 g/mol. The van der Waals surface area contributed by atoms with Crippen molar-refractivity contribution in [3.05, 3.63) is 29.6 Å². The molecular weight excluding hydrogens is 281 g/mol. The number of nitrogens with one attached hydrogen (secondary N) is 1. The minimum absolute atomic E-state index is 0.0287. The van der Waals surface area contributed by atoms with Gasteiger partial charge in [-0.05, 0) is 27.2 Å². The minimum Gasteiger partial charge on any atom is -0.312 e. The van der Waals surface area contributed by atoms with Gasteiger partial charge in [-0.2, -0.15) is 13.2 Å². The first kappa shape index (κ1) is 16.2. The molecule has 2 unspecified atom stereocenters. The van der Waals surface area contributed by atoms with Crippen LogP contribution >= 0.6 is 0 Å². The Morgan fingerprint density at radius 2 is 2.05 bits per heavy atom. The molecule has 2 rings (SSSR count). The Hall–Kier alpha value is -1.18. The number of alkyl halides is 3. The van der Waals surface area contributed by atoms with Gasteiger partial charge in [0.2, 0.25) is 0 Å². The quantitative estimate of drug-likeness (QED) is 0.919. The van der Waals surface area contributed by atoms with Crippen molar-refractivity contribution in [2.24, 2.45) is 0 Å². The molecule has 118 valence electrons. The van der Waals surface area contributed by atoms with Crippen molar-refractivity contribution in [1.29, 1.82) is 0 Å². The summed E-state index contributed by atoms with van der Waals surface area (Å²) in [6.45, 7) is 2.47. The van der Waals surface area contributed by atoms with E-state index in [1.54, 1.807) is 7.05 Å². The van der Waals surface area contributed by atoms with Crippen LogP contribution in [-0.2, 0) is 6.18 Å². The molecule has 7 heteroatoms. The Morgan fingerprint density at radius 3 is 2.67 bits per heavy atom. The summed E-state index contributed by atoms with van der Waals surface area (Å²) in [5.74, 6) is 0. The number of hydrogen-bond acceptors (Lipinski definition) is 4. The largest absolute Gasteiger partial charge is 0.416 e. The van der Waals surface area contributed by atoms with Crippen LogP contribution in [0.1, 0.15) is 17.2 Å². The Kier molecular flexibility index (Phi) is 4.85. The number of rotatable bonds is 3. The van der Waals surface area contributed by atoms with Gasteiger partial charge in [0.1, 0.15) is 0 Å². The van der Waals surface area contributed by atoms with E-state index in [0.29, 0.717) is 6.54 Å². The summed E-state index contributed by atoms with van der Waals surface area (Å²) in [5, 5.41) is 3.04. The zero-order valence-electron chi connectivity index (χ0n) is 12.5. The zero-order chi connectivity index (χ0) is 15.6. The van der Waals surface area contributed by atoms with Crippen molar-refractivity contribution < 1.29 is 13.2 Å². The maximum atomic E-state index is 13.2. The van der Waals surface area contributed by atoms with Gasteiger partial charge in [0.05, 0.1) is 11.6 Å². The third-order valence-corrected chi connectivity index (χ3v) is 4.09. The van der Waals surface area contributed by atoms with E-state index in [9.17, 15) is 13.2 Å². The molecule has 1 aliphatic rings. The first-order chi connectivity index (χ1) is 9.84. The second-order valence-corrected chi connectivity index (χ2v) is 5.54. The number of pyridine rings is 1. The predicted molar refractivity (Wildman–Crippen MR) is 75.0 cm³/mol. The van der Waals surface area contributed by atoms with Crippen molar-refractivity contribution in [3.8, 4) is 0 Å². The Morgan fingerprint density at radius 1 is 1.33 bits per heavy atom. The van der Waals surface area contributed by atoms with Gasteiger partial charge in [0.15, 0.2) is 0 Å². The van der Waals surface area contributed by atoms with Crippen molar-refractivity contribution in [2.75, 3.05) is 40.8 Å². The highest BCUT2D eigenvalue weighted by Gasteiger charge is 2.38. The average Bonchev–Trinajstić information content (AvgIpc) is 2.43. The van der Waals surface area contributed by atoms with Crippen LogP contribution in [0.2, 0.25) is 0 Å². The van der Waals surface area contributed by atoms with Crippen molar-refractivity contribution in [1.82, 2.24) is 20.1 Å². The highest BCUT2D eigenvalue weighted by molar-refractivity contribution is 5.30. The number of likely N-dealkylation sites (N-methyl/N-ethyl adjacent to an activating group) is 3. The summed E-state index contributed by atoms with van der Waals surface area (Å²) >= 11 is 0. The lowest BCUT2D eigenvalue weighted by Crippen LogP contribution is -2.54. The lowest BCUT2D eigenvalue weighted by atomic mass is 9.94. The molecule has 2 heterocycles. The molecule has 1 fully saturated rings. The van der Waals surface area contributed by atoms with Gasteiger partial charge in [-0.3, -0.25) is 9.88 Å². The fourth-order valence-electron chi connectivity index (χ4n) is 2.87. The highest BCUT2D eigenvalue weighted by atomic mass is 19.4. The summed E-state index contributed by atoms with van der Waals surface area (Å²) in [6.07, 6.45) is -1.85. The van der Waals surface area contributed by atoms with Crippen LogP contribution in [0.25, 0.3) is 0 Å². The van der Waals surface area contributed by atoms with Crippen LogP contribution in [0.3, 0.4) is 0 Å². The predicted octanol–water partition coefficient (Wildman–Crippen LogP) is 1.61. The first-order valence-electron chi connectivity index (χ1n) is 6.91. The molecule has 0 amide bonds. The van der Waals surface area contributed by atoms with Gasteiger partial charge in [-0.1, -0.05) is 0 Å². The van der Waals surface area contributed by atoms with E-state index >= 15 is 0 Å². The van der Waals surface area contributed by atoms with Crippen LogP contribution in [0.15, 0.2) is 18.5 Å².